The van der Waals surface area contributed by atoms with Crippen molar-refractivity contribution in [2.75, 3.05) is 31.3 Å². The summed E-state index contributed by atoms with van der Waals surface area (Å²) in [6, 6.07) is 0. The van der Waals surface area contributed by atoms with Crippen LogP contribution in [0.5, 0.6) is 0 Å². The second-order valence-corrected chi connectivity index (χ2v) is 6.02. The molecular formula is C8H16ClNO3S. The van der Waals surface area contributed by atoms with E-state index in [2.05, 4.69) is 0 Å². The summed E-state index contributed by atoms with van der Waals surface area (Å²) in [5, 5.41) is 8.96. The van der Waals surface area contributed by atoms with Gasteiger partial charge in [0.25, 0.3) is 0 Å². The molecule has 4 nitrogen and oxygen atoms in total. The van der Waals surface area contributed by atoms with Crippen molar-refractivity contribution in [3.63, 3.8) is 0 Å². The quantitative estimate of drug-likeness (QED) is 0.719. The van der Waals surface area contributed by atoms with Gasteiger partial charge in [0.1, 0.15) is 0 Å². The summed E-state index contributed by atoms with van der Waals surface area (Å²) >= 11 is 5.42. The molecule has 84 valence electrons. The van der Waals surface area contributed by atoms with E-state index in [1.165, 1.54) is 4.31 Å². The van der Waals surface area contributed by atoms with E-state index in [-0.39, 0.29) is 24.2 Å². The minimum absolute atomic E-state index is 0.00724. The Hall–Kier alpha value is 0.160. The van der Waals surface area contributed by atoms with Crippen molar-refractivity contribution in [1.82, 2.24) is 4.31 Å². The van der Waals surface area contributed by atoms with Crippen LogP contribution in [0.3, 0.4) is 0 Å². The maximum atomic E-state index is 11.6. The van der Waals surface area contributed by atoms with E-state index >= 15 is 0 Å². The van der Waals surface area contributed by atoms with Gasteiger partial charge in [0, 0.05) is 25.6 Å². The third-order valence-corrected chi connectivity index (χ3v) is 4.72. The molecule has 1 fully saturated rings. The van der Waals surface area contributed by atoms with Crippen LogP contribution in [0.4, 0.5) is 0 Å². The van der Waals surface area contributed by atoms with Crippen LogP contribution >= 0.6 is 11.6 Å². The lowest BCUT2D eigenvalue weighted by Gasteiger charge is -2.30. The van der Waals surface area contributed by atoms with Crippen LogP contribution in [0.25, 0.3) is 0 Å². The summed E-state index contributed by atoms with van der Waals surface area (Å²) in [6.45, 7) is 1.07. The minimum Gasteiger partial charge on any atom is -0.396 e. The molecule has 0 aliphatic carbocycles. The minimum atomic E-state index is -3.19. The molecule has 1 saturated heterocycles. The summed E-state index contributed by atoms with van der Waals surface area (Å²) in [7, 11) is -3.19. The van der Waals surface area contributed by atoms with E-state index in [9.17, 15) is 8.42 Å². The molecule has 0 aromatic carbocycles. The maximum Gasteiger partial charge on any atom is 0.215 e. The second kappa shape index (κ2) is 5.30. The van der Waals surface area contributed by atoms with Crippen LogP contribution in [0, 0.1) is 5.92 Å². The van der Waals surface area contributed by atoms with E-state index in [0.29, 0.717) is 13.1 Å². The van der Waals surface area contributed by atoms with Crippen molar-refractivity contribution in [1.29, 1.82) is 0 Å². The van der Waals surface area contributed by atoms with Crippen LogP contribution in [0.1, 0.15) is 12.8 Å². The predicted octanol–water partition coefficient (Wildman–Crippen LogP) is 0.259. The first-order valence-electron chi connectivity index (χ1n) is 4.75. The largest absolute Gasteiger partial charge is 0.396 e. The summed E-state index contributed by atoms with van der Waals surface area (Å²) in [5.41, 5.74) is 0. The Balaban J connectivity index is 2.59. The molecule has 14 heavy (non-hydrogen) atoms. The van der Waals surface area contributed by atoms with Gasteiger partial charge >= 0.3 is 0 Å². The van der Waals surface area contributed by atoms with Crippen LogP contribution in [0.2, 0.25) is 0 Å². The lowest BCUT2D eigenvalue weighted by atomic mass is 10.0. The number of aliphatic hydroxyl groups is 1. The highest BCUT2D eigenvalue weighted by Crippen LogP contribution is 2.18. The van der Waals surface area contributed by atoms with E-state index < -0.39 is 10.0 Å². The molecule has 0 aromatic rings. The Kier molecular flexibility index (Phi) is 4.63. The number of halogens is 1. The predicted molar refractivity (Wildman–Crippen MR) is 55.9 cm³/mol. The molecule has 1 atom stereocenters. The standard InChI is InChI=1S/C8H16ClNO3S/c9-3-5-14(12,13)10-4-1-2-8(6-10)7-11/h8,11H,1-7H2. The van der Waals surface area contributed by atoms with Gasteiger partial charge in [-0.15, -0.1) is 11.6 Å². The normalized spacial score (nSPS) is 25.1. The lowest BCUT2D eigenvalue weighted by molar-refractivity contribution is 0.165. The van der Waals surface area contributed by atoms with Crippen molar-refractivity contribution in [2.45, 2.75) is 12.8 Å². The van der Waals surface area contributed by atoms with Crippen molar-refractivity contribution in [3.8, 4) is 0 Å². The molecule has 0 radical (unpaired) electrons. The zero-order valence-corrected chi connectivity index (χ0v) is 9.60. The summed E-state index contributed by atoms with van der Waals surface area (Å²) < 4.78 is 24.7. The first-order chi connectivity index (χ1) is 6.60. The van der Waals surface area contributed by atoms with Gasteiger partial charge in [-0.1, -0.05) is 0 Å². The first kappa shape index (κ1) is 12.2. The van der Waals surface area contributed by atoms with Gasteiger partial charge in [-0.2, -0.15) is 0 Å². The Bertz CT molecular complexity index is 268. The number of rotatable bonds is 4. The third kappa shape index (κ3) is 3.08. The van der Waals surface area contributed by atoms with Crippen LogP contribution in [-0.4, -0.2) is 49.2 Å². The Morgan fingerprint density at radius 2 is 2.21 bits per heavy atom. The molecule has 0 amide bonds. The molecular weight excluding hydrogens is 226 g/mol. The number of alkyl halides is 1. The summed E-state index contributed by atoms with van der Waals surface area (Å²) in [5.74, 6) is 0.212. The number of sulfonamides is 1. The number of piperidine rings is 1. The number of nitrogens with zero attached hydrogens (tertiary/aromatic N) is 1. The molecule has 1 aliphatic heterocycles. The molecule has 6 heteroatoms. The Labute approximate surface area is 89.9 Å². The monoisotopic (exact) mass is 241 g/mol. The SMILES string of the molecule is O=S(=O)(CCCl)N1CCCC(CO)C1. The summed E-state index contributed by atoms with van der Waals surface area (Å²) in [4.78, 5) is 0. The molecule has 0 saturated carbocycles. The van der Waals surface area contributed by atoms with E-state index in [4.69, 9.17) is 16.7 Å². The third-order valence-electron chi connectivity index (χ3n) is 2.47. The van der Waals surface area contributed by atoms with Crippen molar-refractivity contribution < 1.29 is 13.5 Å². The van der Waals surface area contributed by atoms with Gasteiger partial charge in [-0.3, -0.25) is 0 Å². The number of aliphatic hydroxyl groups excluding tert-OH is 1. The molecule has 1 unspecified atom stereocenters. The number of hydrogen-bond acceptors (Lipinski definition) is 3. The van der Waals surface area contributed by atoms with E-state index in [0.717, 1.165) is 12.8 Å². The fraction of sp³-hybridized carbons (Fsp3) is 1.00. The maximum absolute atomic E-state index is 11.6. The zero-order chi connectivity index (χ0) is 10.6. The first-order valence-corrected chi connectivity index (χ1v) is 6.89. The van der Waals surface area contributed by atoms with Gasteiger partial charge in [-0.25, -0.2) is 12.7 Å². The highest BCUT2D eigenvalue weighted by atomic mass is 35.5. The molecule has 0 bridgehead atoms. The van der Waals surface area contributed by atoms with Gasteiger partial charge in [0.05, 0.1) is 5.75 Å². The smallest absolute Gasteiger partial charge is 0.215 e. The molecule has 1 heterocycles. The van der Waals surface area contributed by atoms with Crippen LogP contribution in [0.15, 0.2) is 0 Å². The molecule has 1 N–H and O–H groups in total. The van der Waals surface area contributed by atoms with Crippen LogP contribution < -0.4 is 0 Å². The summed E-state index contributed by atoms with van der Waals surface area (Å²) in [6.07, 6.45) is 1.73. The van der Waals surface area contributed by atoms with Crippen molar-refractivity contribution in [3.05, 3.63) is 0 Å². The lowest BCUT2D eigenvalue weighted by Crippen LogP contribution is -2.42. The zero-order valence-electron chi connectivity index (χ0n) is 8.02. The fourth-order valence-corrected chi connectivity index (χ4v) is 3.54. The van der Waals surface area contributed by atoms with Crippen molar-refractivity contribution in [2.24, 2.45) is 5.92 Å². The van der Waals surface area contributed by atoms with E-state index in [1.54, 1.807) is 0 Å². The van der Waals surface area contributed by atoms with Gasteiger partial charge in [0.15, 0.2) is 0 Å². The van der Waals surface area contributed by atoms with E-state index in [1.807, 2.05) is 0 Å². The highest BCUT2D eigenvalue weighted by molar-refractivity contribution is 7.89. The molecule has 1 rings (SSSR count). The molecule has 1 aliphatic rings. The Morgan fingerprint density at radius 1 is 1.50 bits per heavy atom. The Morgan fingerprint density at radius 3 is 2.79 bits per heavy atom. The van der Waals surface area contributed by atoms with Crippen LogP contribution in [-0.2, 0) is 10.0 Å². The average Bonchev–Trinajstić information content (AvgIpc) is 2.18. The topological polar surface area (TPSA) is 57.6 Å². The fourth-order valence-electron chi connectivity index (χ4n) is 1.66. The second-order valence-electron chi connectivity index (χ2n) is 3.55. The highest BCUT2D eigenvalue weighted by Gasteiger charge is 2.27. The molecule has 0 spiro atoms. The van der Waals surface area contributed by atoms with Crippen molar-refractivity contribution >= 4 is 21.6 Å². The number of hydrogen-bond donors (Lipinski definition) is 1. The van der Waals surface area contributed by atoms with Gasteiger partial charge < -0.3 is 5.11 Å². The average molecular weight is 242 g/mol. The molecule has 0 aromatic heterocycles. The van der Waals surface area contributed by atoms with Gasteiger partial charge in [0.2, 0.25) is 10.0 Å². The van der Waals surface area contributed by atoms with Gasteiger partial charge in [-0.05, 0) is 18.8 Å².